The molecule has 0 aliphatic rings. The van der Waals surface area contributed by atoms with Gasteiger partial charge in [-0.1, -0.05) is 5.16 Å². The van der Waals surface area contributed by atoms with E-state index in [0.717, 1.165) is 0 Å². The van der Waals surface area contributed by atoms with Crippen molar-refractivity contribution in [3.8, 4) is 0 Å². The van der Waals surface area contributed by atoms with Gasteiger partial charge in [-0.05, 0) is 0 Å². The molecular weight excluding hydrogens is 226 g/mol. The molecule has 0 saturated carbocycles. The molecule has 0 aliphatic heterocycles. The predicted molar refractivity (Wildman–Crippen MR) is 47.2 cm³/mol. The second-order valence-corrected chi connectivity index (χ2v) is 3.02. The third-order valence-corrected chi connectivity index (χ3v) is 1.72. The van der Waals surface area contributed by atoms with E-state index in [-0.39, 0.29) is 24.5 Å². The molecule has 1 unspecified atom stereocenters. The molecule has 0 fully saturated rings. The van der Waals surface area contributed by atoms with Crippen LogP contribution in [0.4, 0.5) is 8.78 Å². The van der Waals surface area contributed by atoms with Gasteiger partial charge in [-0.3, -0.25) is 0 Å². The molecule has 1 heterocycles. The number of carboxylic acids is 1. The molecule has 90 valence electrons. The van der Waals surface area contributed by atoms with Crippen LogP contribution in [0.2, 0.25) is 0 Å². The van der Waals surface area contributed by atoms with E-state index in [9.17, 15) is 13.6 Å². The average Bonchev–Trinajstić information content (AvgIpc) is 2.66. The minimum atomic E-state index is -2.82. The molecule has 1 atom stereocenters. The summed E-state index contributed by atoms with van der Waals surface area (Å²) >= 11 is 0. The number of alkyl halides is 2. The first-order valence-electron chi connectivity index (χ1n) is 4.36. The Morgan fingerprint density at radius 3 is 2.81 bits per heavy atom. The van der Waals surface area contributed by atoms with Crippen molar-refractivity contribution in [1.29, 1.82) is 0 Å². The van der Waals surface area contributed by atoms with Crippen molar-refractivity contribution >= 4 is 5.97 Å². The number of aliphatic hydroxyl groups excluding tert-OH is 1. The number of aliphatic hydroxyl groups is 1. The van der Waals surface area contributed by atoms with Crippen LogP contribution in [0.1, 0.15) is 16.2 Å². The van der Waals surface area contributed by atoms with Gasteiger partial charge in [-0.15, -0.1) is 0 Å². The number of carbonyl (C=O) groups is 1. The maximum absolute atomic E-state index is 11.9. The quantitative estimate of drug-likeness (QED) is 0.647. The summed E-state index contributed by atoms with van der Waals surface area (Å²) in [6, 6.07) is 1.17. The smallest absolute Gasteiger partial charge is 0.358 e. The zero-order valence-corrected chi connectivity index (χ0v) is 8.06. The summed E-state index contributed by atoms with van der Waals surface area (Å²) in [5.74, 6) is -1.04. The van der Waals surface area contributed by atoms with Gasteiger partial charge in [0, 0.05) is 12.6 Å². The van der Waals surface area contributed by atoms with E-state index in [1.807, 2.05) is 0 Å². The number of aromatic carboxylic acids is 1. The average molecular weight is 236 g/mol. The fraction of sp³-hybridized carbons (Fsp3) is 0.500. The first-order chi connectivity index (χ1) is 7.50. The third-order valence-electron chi connectivity index (χ3n) is 1.72. The van der Waals surface area contributed by atoms with E-state index < -0.39 is 18.5 Å². The molecule has 0 saturated heterocycles. The molecule has 3 N–H and O–H groups in total. The summed E-state index contributed by atoms with van der Waals surface area (Å²) in [7, 11) is 0. The zero-order valence-electron chi connectivity index (χ0n) is 8.06. The van der Waals surface area contributed by atoms with Gasteiger partial charge in [0.1, 0.15) is 6.10 Å². The molecule has 0 aromatic carbocycles. The van der Waals surface area contributed by atoms with Crippen LogP contribution in [0.15, 0.2) is 10.6 Å². The van der Waals surface area contributed by atoms with Gasteiger partial charge in [0.25, 0.3) is 6.43 Å². The number of halogens is 2. The molecule has 6 nitrogen and oxygen atoms in total. The Morgan fingerprint density at radius 1 is 1.62 bits per heavy atom. The van der Waals surface area contributed by atoms with Crippen LogP contribution in [-0.4, -0.2) is 40.4 Å². The topological polar surface area (TPSA) is 95.6 Å². The number of hydrogen-bond donors (Lipinski definition) is 3. The van der Waals surface area contributed by atoms with E-state index in [1.54, 1.807) is 0 Å². The zero-order chi connectivity index (χ0) is 12.1. The van der Waals surface area contributed by atoms with Crippen molar-refractivity contribution in [1.82, 2.24) is 10.5 Å². The van der Waals surface area contributed by atoms with Crippen molar-refractivity contribution in [2.24, 2.45) is 0 Å². The van der Waals surface area contributed by atoms with Gasteiger partial charge in [0.05, 0.1) is 6.54 Å². The van der Waals surface area contributed by atoms with Crippen molar-refractivity contribution in [3.05, 3.63) is 17.5 Å². The summed E-state index contributed by atoms with van der Waals surface area (Å²) in [6.07, 6.45) is -4.58. The Kier molecular flexibility index (Phi) is 4.32. The van der Waals surface area contributed by atoms with Gasteiger partial charge < -0.3 is 20.1 Å². The molecule has 0 aliphatic carbocycles. The van der Waals surface area contributed by atoms with Crippen LogP contribution in [-0.2, 0) is 6.54 Å². The molecule has 8 heteroatoms. The van der Waals surface area contributed by atoms with Crippen LogP contribution >= 0.6 is 0 Å². The molecular formula is C8H10F2N2O4. The van der Waals surface area contributed by atoms with Crippen LogP contribution in [0.5, 0.6) is 0 Å². The standard InChI is InChI=1S/C8H10F2N2O4/c9-7(10)6(13)3-11-2-4-1-5(8(14)15)12-16-4/h1,6-7,11,13H,2-3H2,(H,14,15). The number of nitrogens with zero attached hydrogens (tertiary/aromatic N) is 1. The van der Waals surface area contributed by atoms with Crippen molar-refractivity contribution in [2.45, 2.75) is 19.1 Å². The Bertz CT molecular complexity index is 356. The van der Waals surface area contributed by atoms with E-state index >= 15 is 0 Å². The Balaban J connectivity index is 2.35. The van der Waals surface area contributed by atoms with E-state index in [1.165, 1.54) is 6.07 Å². The largest absolute Gasteiger partial charge is 0.476 e. The van der Waals surface area contributed by atoms with E-state index in [0.29, 0.717) is 0 Å². The normalized spacial score (nSPS) is 13.0. The number of carboxylic acid groups (broad SMARTS) is 1. The van der Waals surface area contributed by atoms with E-state index in [4.69, 9.17) is 10.2 Å². The molecule has 1 aromatic heterocycles. The maximum Gasteiger partial charge on any atom is 0.358 e. The Labute approximate surface area is 88.9 Å². The lowest BCUT2D eigenvalue weighted by Gasteiger charge is -2.08. The Morgan fingerprint density at radius 2 is 2.31 bits per heavy atom. The van der Waals surface area contributed by atoms with E-state index in [2.05, 4.69) is 15.0 Å². The third kappa shape index (κ3) is 3.55. The highest BCUT2D eigenvalue weighted by atomic mass is 19.3. The number of rotatable bonds is 6. The molecule has 1 rings (SSSR count). The summed E-state index contributed by atoms with van der Waals surface area (Å²) in [5, 5.41) is 22.9. The lowest BCUT2D eigenvalue weighted by atomic mass is 10.3. The predicted octanol–water partition coefficient (Wildman–Crippen LogP) is 0.0884. The van der Waals surface area contributed by atoms with Crippen LogP contribution < -0.4 is 5.32 Å². The molecule has 0 bridgehead atoms. The van der Waals surface area contributed by atoms with Crippen LogP contribution in [0.25, 0.3) is 0 Å². The monoisotopic (exact) mass is 236 g/mol. The summed E-state index contributed by atoms with van der Waals surface area (Å²) in [5.41, 5.74) is -0.258. The Hall–Kier alpha value is -1.54. The molecule has 0 spiro atoms. The fourth-order valence-electron chi connectivity index (χ4n) is 0.929. The maximum atomic E-state index is 11.9. The minimum absolute atomic E-state index is 0.0179. The van der Waals surface area contributed by atoms with Crippen LogP contribution in [0, 0.1) is 0 Å². The minimum Gasteiger partial charge on any atom is -0.476 e. The second kappa shape index (κ2) is 5.52. The van der Waals surface area contributed by atoms with Gasteiger partial charge >= 0.3 is 5.97 Å². The molecule has 1 aromatic rings. The fourth-order valence-corrected chi connectivity index (χ4v) is 0.929. The van der Waals surface area contributed by atoms with Gasteiger partial charge in [-0.25, -0.2) is 13.6 Å². The SMILES string of the molecule is O=C(O)c1cc(CNCC(O)C(F)F)on1. The van der Waals surface area contributed by atoms with Crippen LogP contribution in [0.3, 0.4) is 0 Å². The van der Waals surface area contributed by atoms with Gasteiger partial charge in [0.15, 0.2) is 11.5 Å². The number of hydrogen-bond acceptors (Lipinski definition) is 5. The highest BCUT2D eigenvalue weighted by Gasteiger charge is 2.16. The highest BCUT2D eigenvalue weighted by molar-refractivity contribution is 5.85. The number of aromatic nitrogens is 1. The molecule has 0 amide bonds. The first kappa shape index (κ1) is 12.5. The summed E-state index contributed by atoms with van der Waals surface area (Å²) in [4.78, 5) is 10.4. The number of nitrogens with one attached hydrogen (secondary N) is 1. The lowest BCUT2D eigenvalue weighted by Crippen LogP contribution is -2.31. The lowest BCUT2D eigenvalue weighted by molar-refractivity contribution is -0.00364. The second-order valence-electron chi connectivity index (χ2n) is 3.02. The van der Waals surface area contributed by atoms with Gasteiger partial charge in [0.2, 0.25) is 0 Å². The molecule has 0 radical (unpaired) electrons. The van der Waals surface area contributed by atoms with Crippen molar-refractivity contribution in [3.63, 3.8) is 0 Å². The first-order valence-corrected chi connectivity index (χ1v) is 4.36. The molecule has 16 heavy (non-hydrogen) atoms. The summed E-state index contributed by atoms with van der Waals surface area (Å²) in [6.45, 7) is -0.301. The summed E-state index contributed by atoms with van der Waals surface area (Å²) < 4.78 is 28.3. The highest BCUT2D eigenvalue weighted by Crippen LogP contribution is 2.04. The van der Waals surface area contributed by atoms with Crippen molar-refractivity contribution in [2.75, 3.05) is 6.54 Å². The van der Waals surface area contributed by atoms with Gasteiger partial charge in [-0.2, -0.15) is 0 Å². The van der Waals surface area contributed by atoms with Crippen molar-refractivity contribution < 1.29 is 28.3 Å².